The van der Waals surface area contributed by atoms with Crippen LogP contribution in [0, 0.1) is 0 Å². The van der Waals surface area contributed by atoms with Gasteiger partial charge in [0.05, 0.1) is 12.6 Å². The van der Waals surface area contributed by atoms with Gasteiger partial charge in [0.1, 0.15) is 11.6 Å². The smallest absolute Gasteiger partial charge is 0.305 e. The first-order chi connectivity index (χ1) is 9.66. The largest absolute Gasteiger partial charge is 0.481 e. The van der Waals surface area contributed by atoms with Crippen LogP contribution in [-0.4, -0.2) is 50.7 Å². The van der Waals surface area contributed by atoms with Gasteiger partial charge in [-0.3, -0.25) is 9.59 Å². The molecule has 0 saturated carbocycles. The number of carboxylic acid groups (broad SMARTS) is 1. The SMILES string of the molecule is O=C(O)CC1C(=O)NCCN1c1nccn2nccc12. The predicted molar refractivity (Wildman–Crippen MR) is 69.4 cm³/mol. The normalized spacial score (nSPS) is 19.1. The van der Waals surface area contributed by atoms with Crippen LogP contribution in [0.3, 0.4) is 0 Å². The van der Waals surface area contributed by atoms with Gasteiger partial charge in [0.15, 0.2) is 5.82 Å². The van der Waals surface area contributed by atoms with Gasteiger partial charge in [0.25, 0.3) is 0 Å². The van der Waals surface area contributed by atoms with Crippen molar-refractivity contribution in [2.75, 3.05) is 18.0 Å². The molecule has 2 aromatic rings. The number of carbonyl (C=O) groups excluding carboxylic acids is 1. The molecule has 8 nitrogen and oxygen atoms in total. The number of nitrogens with zero attached hydrogens (tertiary/aromatic N) is 4. The summed E-state index contributed by atoms with van der Waals surface area (Å²) in [6, 6.07) is 1.03. The molecule has 3 heterocycles. The van der Waals surface area contributed by atoms with Crippen molar-refractivity contribution in [1.29, 1.82) is 0 Å². The molecule has 0 aromatic carbocycles. The van der Waals surface area contributed by atoms with Crippen LogP contribution in [-0.2, 0) is 9.59 Å². The Morgan fingerprint density at radius 2 is 2.35 bits per heavy atom. The fourth-order valence-corrected chi connectivity index (χ4v) is 2.40. The second kappa shape index (κ2) is 4.80. The summed E-state index contributed by atoms with van der Waals surface area (Å²) in [7, 11) is 0. The summed E-state index contributed by atoms with van der Waals surface area (Å²) in [6.45, 7) is 0.980. The zero-order chi connectivity index (χ0) is 14.1. The summed E-state index contributed by atoms with van der Waals surface area (Å²) < 4.78 is 1.65. The zero-order valence-electron chi connectivity index (χ0n) is 10.6. The van der Waals surface area contributed by atoms with Crippen LogP contribution in [0.1, 0.15) is 6.42 Å². The average molecular weight is 275 g/mol. The molecule has 1 unspecified atom stereocenters. The highest BCUT2D eigenvalue weighted by molar-refractivity contribution is 5.91. The quantitative estimate of drug-likeness (QED) is 0.784. The van der Waals surface area contributed by atoms with Gasteiger partial charge >= 0.3 is 5.97 Å². The number of aliphatic carboxylic acids is 1. The van der Waals surface area contributed by atoms with E-state index in [0.29, 0.717) is 18.9 Å². The number of fused-ring (bicyclic) bond motifs is 1. The summed E-state index contributed by atoms with van der Waals surface area (Å²) in [5.74, 6) is -0.731. The van der Waals surface area contributed by atoms with Gasteiger partial charge in [-0.2, -0.15) is 5.10 Å². The Balaban J connectivity index is 2.03. The van der Waals surface area contributed by atoms with E-state index in [1.165, 1.54) is 0 Å². The molecule has 0 aliphatic carbocycles. The third-order valence-corrected chi connectivity index (χ3v) is 3.27. The van der Waals surface area contributed by atoms with E-state index in [2.05, 4.69) is 15.4 Å². The van der Waals surface area contributed by atoms with Crippen molar-refractivity contribution in [2.24, 2.45) is 0 Å². The van der Waals surface area contributed by atoms with E-state index >= 15 is 0 Å². The van der Waals surface area contributed by atoms with Crippen LogP contribution < -0.4 is 10.2 Å². The van der Waals surface area contributed by atoms with Gasteiger partial charge in [-0.1, -0.05) is 0 Å². The van der Waals surface area contributed by atoms with Crippen molar-refractivity contribution in [3.8, 4) is 0 Å². The minimum atomic E-state index is -1.02. The zero-order valence-corrected chi connectivity index (χ0v) is 10.6. The van der Waals surface area contributed by atoms with E-state index in [1.807, 2.05) is 0 Å². The first-order valence-corrected chi connectivity index (χ1v) is 6.21. The Bertz CT molecular complexity index is 668. The second-order valence-corrected chi connectivity index (χ2v) is 4.51. The number of anilines is 1. The van der Waals surface area contributed by atoms with Crippen molar-refractivity contribution in [3.63, 3.8) is 0 Å². The molecular weight excluding hydrogens is 262 g/mol. The molecule has 0 spiro atoms. The molecule has 0 bridgehead atoms. The number of aromatic nitrogens is 3. The van der Waals surface area contributed by atoms with Gasteiger partial charge in [0.2, 0.25) is 5.91 Å². The number of rotatable bonds is 3. The van der Waals surface area contributed by atoms with E-state index in [1.54, 1.807) is 34.1 Å². The highest BCUT2D eigenvalue weighted by Gasteiger charge is 2.33. The summed E-state index contributed by atoms with van der Waals surface area (Å²) in [4.78, 5) is 28.9. The minimum absolute atomic E-state index is 0.261. The molecule has 20 heavy (non-hydrogen) atoms. The van der Waals surface area contributed by atoms with Gasteiger partial charge in [-0.15, -0.1) is 0 Å². The monoisotopic (exact) mass is 275 g/mol. The van der Waals surface area contributed by atoms with E-state index in [4.69, 9.17) is 5.11 Å². The lowest BCUT2D eigenvalue weighted by Gasteiger charge is -2.35. The van der Waals surface area contributed by atoms with Crippen LogP contribution in [0.25, 0.3) is 5.52 Å². The molecule has 1 amide bonds. The number of hydrogen-bond donors (Lipinski definition) is 2. The molecule has 8 heteroatoms. The molecule has 1 aliphatic heterocycles. The van der Waals surface area contributed by atoms with Crippen molar-refractivity contribution in [1.82, 2.24) is 19.9 Å². The van der Waals surface area contributed by atoms with Crippen LogP contribution in [0.2, 0.25) is 0 Å². The molecule has 2 aromatic heterocycles. The third kappa shape index (κ3) is 2.04. The Morgan fingerprint density at radius 3 is 3.15 bits per heavy atom. The summed E-state index contributed by atoms with van der Waals surface area (Å²) in [5, 5.41) is 15.8. The van der Waals surface area contributed by atoms with Crippen molar-refractivity contribution in [3.05, 3.63) is 24.7 Å². The van der Waals surface area contributed by atoms with Crippen LogP contribution in [0.5, 0.6) is 0 Å². The molecule has 1 atom stereocenters. The number of piperazine rings is 1. The summed E-state index contributed by atoms with van der Waals surface area (Å²) in [6.07, 6.45) is 4.66. The highest BCUT2D eigenvalue weighted by atomic mass is 16.4. The summed E-state index contributed by atoms with van der Waals surface area (Å²) >= 11 is 0. The van der Waals surface area contributed by atoms with E-state index < -0.39 is 12.0 Å². The topological polar surface area (TPSA) is 99.8 Å². The van der Waals surface area contributed by atoms with E-state index in [-0.39, 0.29) is 12.3 Å². The molecule has 1 saturated heterocycles. The maximum Gasteiger partial charge on any atom is 0.305 e. The lowest BCUT2D eigenvalue weighted by Crippen LogP contribution is -2.56. The molecule has 3 rings (SSSR count). The average Bonchev–Trinajstić information content (AvgIpc) is 2.89. The molecule has 104 valence electrons. The Labute approximate surface area is 114 Å². The maximum absolute atomic E-state index is 11.9. The van der Waals surface area contributed by atoms with Crippen LogP contribution in [0.15, 0.2) is 24.7 Å². The highest BCUT2D eigenvalue weighted by Crippen LogP contribution is 2.23. The van der Waals surface area contributed by atoms with Gasteiger partial charge in [0, 0.05) is 25.5 Å². The number of amides is 1. The number of carboxylic acids is 1. The van der Waals surface area contributed by atoms with E-state index in [9.17, 15) is 9.59 Å². The molecule has 0 radical (unpaired) electrons. The first-order valence-electron chi connectivity index (χ1n) is 6.21. The number of nitrogens with one attached hydrogen (secondary N) is 1. The van der Waals surface area contributed by atoms with E-state index in [0.717, 1.165) is 5.52 Å². The lowest BCUT2D eigenvalue weighted by atomic mass is 10.1. The fraction of sp³-hybridized carbons (Fsp3) is 0.333. The molecular formula is C12H13N5O3. The number of carbonyl (C=O) groups is 2. The third-order valence-electron chi connectivity index (χ3n) is 3.27. The standard InChI is InChI=1S/C12H13N5O3/c18-10(19)7-9-12(20)14-3-5-16(9)11-8-1-2-15-17(8)6-4-13-11/h1-2,4,6,9H,3,5,7H2,(H,14,20)(H,18,19). The molecule has 1 aliphatic rings. The van der Waals surface area contributed by atoms with Crippen LogP contribution in [0.4, 0.5) is 5.82 Å². The molecule has 2 N–H and O–H groups in total. The Kier molecular flexibility index (Phi) is 2.97. The number of hydrogen-bond acceptors (Lipinski definition) is 5. The summed E-state index contributed by atoms with van der Waals surface area (Å²) in [5.41, 5.74) is 0.748. The second-order valence-electron chi connectivity index (χ2n) is 4.51. The van der Waals surface area contributed by atoms with Gasteiger partial charge in [-0.25, -0.2) is 9.50 Å². The first kappa shape index (κ1) is 12.4. The maximum atomic E-state index is 11.9. The van der Waals surface area contributed by atoms with Crippen LogP contribution >= 0.6 is 0 Å². The van der Waals surface area contributed by atoms with Crippen molar-refractivity contribution >= 4 is 23.2 Å². The van der Waals surface area contributed by atoms with Crippen molar-refractivity contribution in [2.45, 2.75) is 12.5 Å². The minimum Gasteiger partial charge on any atom is -0.481 e. The Morgan fingerprint density at radius 1 is 1.50 bits per heavy atom. The lowest BCUT2D eigenvalue weighted by molar-refractivity contribution is -0.139. The molecule has 1 fully saturated rings. The predicted octanol–water partition coefficient (Wildman–Crippen LogP) is -0.491. The fourth-order valence-electron chi connectivity index (χ4n) is 2.40. The van der Waals surface area contributed by atoms with Gasteiger partial charge in [-0.05, 0) is 6.07 Å². The Hall–Kier alpha value is -2.64. The van der Waals surface area contributed by atoms with Gasteiger partial charge < -0.3 is 15.3 Å². The van der Waals surface area contributed by atoms with Crippen molar-refractivity contribution < 1.29 is 14.7 Å².